The van der Waals surface area contributed by atoms with Crippen molar-refractivity contribution < 1.29 is 0 Å². The number of rotatable bonds is 72. The van der Waals surface area contributed by atoms with Gasteiger partial charge in [0.1, 0.15) is 33.1 Å². The first-order valence-electron chi connectivity index (χ1n) is 46.3. The number of unbranched alkanes of at least 4 members (excludes halogenated alkanes) is 54. The van der Waals surface area contributed by atoms with E-state index in [2.05, 4.69) is 149 Å². The van der Waals surface area contributed by atoms with Crippen LogP contribution in [-0.2, 0) is 0 Å². The largest absolute Gasteiger partial charge is 0.242 e. The summed E-state index contributed by atoms with van der Waals surface area (Å²) in [6, 6.07) is 14.4. The minimum absolute atomic E-state index is 0.794. The van der Waals surface area contributed by atoms with Gasteiger partial charge in [0.2, 0.25) is 0 Å². The third kappa shape index (κ3) is 37.2. The van der Waals surface area contributed by atoms with Gasteiger partial charge < -0.3 is 0 Å². The summed E-state index contributed by atoms with van der Waals surface area (Å²) in [5.41, 5.74) is 10.4. The molecule has 0 radical (unpaired) electrons. The van der Waals surface area contributed by atoms with E-state index in [1.165, 1.54) is 415 Å². The molecule has 0 bridgehead atoms. The van der Waals surface area contributed by atoms with Crippen LogP contribution in [0.2, 0.25) is 0 Å². The second kappa shape index (κ2) is 61.2. The first-order chi connectivity index (χ1) is 53.5. The summed E-state index contributed by atoms with van der Waals surface area (Å²) in [6.45, 7) is 13.9. The van der Waals surface area contributed by atoms with E-state index < -0.39 is 0 Å². The van der Waals surface area contributed by atoms with Gasteiger partial charge in [-0.05, 0) is 109 Å². The highest BCUT2D eigenvalue weighted by atomic mass is 32.2. The van der Waals surface area contributed by atoms with Crippen molar-refractivity contribution in [2.24, 2.45) is 0 Å². The van der Waals surface area contributed by atoms with Crippen molar-refractivity contribution in [3.63, 3.8) is 0 Å². The van der Waals surface area contributed by atoms with E-state index >= 15 is 0 Å². The molecule has 0 N–H and O–H groups in total. The van der Waals surface area contributed by atoms with E-state index in [1.54, 1.807) is 0 Å². The highest BCUT2D eigenvalue weighted by Gasteiger charge is 2.23. The fourth-order valence-corrected chi connectivity index (χ4v) is 22.3. The lowest BCUT2D eigenvalue weighted by molar-refractivity contribution is 0.563. The molecule has 0 aliphatic rings. The molecule has 6 nitrogen and oxygen atoms in total. The lowest BCUT2D eigenvalue weighted by atomic mass is 10.1. The molecule has 12 heteroatoms. The fourth-order valence-electron chi connectivity index (χ4n) is 15.5. The van der Waals surface area contributed by atoms with E-state index in [9.17, 15) is 0 Å². The molecular formula is C96H156N6S6. The molecule has 4 aromatic carbocycles. The summed E-state index contributed by atoms with van der Waals surface area (Å²) in [6.07, 6.45) is 81.4. The van der Waals surface area contributed by atoms with Crippen LogP contribution in [0.1, 0.15) is 427 Å². The minimum Gasteiger partial charge on any atom is -0.242 e. The molecule has 0 amide bonds. The van der Waals surface area contributed by atoms with Gasteiger partial charge in [0.05, 0.1) is 33.1 Å². The van der Waals surface area contributed by atoms with Gasteiger partial charge >= 0.3 is 0 Å². The Labute approximate surface area is 688 Å². The van der Waals surface area contributed by atoms with Gasteiger partial charge in [0, 0.05) is 29.4 Å². The predicted octanol–water partition coefficient (Wildman–Crippen LogP) is 35.1. The number of hydrogen-bond acceptors (Lipinski definition) is 12. The second-order valence-electron chi connectivity index (χ2n) is 32.3. The second-order valence-corrected chi connectivity index (χ2v) is 39.1. The summed E-state index contributed by atoms with van der Waals surface area (Å²) in [5, 5.41) is 0. The molecule has 0 spiro atoms. The average Bonchev–Trinajstić information content (AvgIpc) is 0.718. The van der Waals surface area contributed by atoms with Crippen LogP contribution in [0.3, 0.4) is 0 Å². The van der Waals surface area contributed by atoms with Crippen LogP contribution >= 0.6 is 70.6 Å². The molecule has 108 heavy (non-hydrogen) atoms. The zero-order valence-electron chi connectivity index (χ0n) is 70.3. The first-order valence-corrected chi connectivity index (χ1v) is 52.3. The molecule has 3 heterocycles. The SMILES string of the molecule is CCCCCCCCCCCCSc1cc2nc3c4nc5cc(SCCCCCCCCCCCC)c(SCCCCCCCCCCCC)cc5nc4c4nc5cc(SCCCCCCCCCCCC)c(SCCCCCCCCCCCC)cc5nc4c3nc2cc1SCCCCCCCCCCCC. The van der Waals surface area contributed by atoms with Crippen molar-refractivity contribution >= 4 is 137 Å². The summed E-state index contributed by atoms with van der Waals surface area (Å²) < 4.78 is 0. The van der Waals surface area contributed by atoms with Gasteiger partial charge in [0.15, 0.2) is 0 Å². The Hall–Kier alpha value is -2.22. The Morgan fingerprint density at radius 2 is 0.250 bits per heavy atom. The smallest absolute Gasteiger partial charge is 0.120 e. The van der Waals surface area contributed by atoms with E-state index in [1.807, 2.05) is 0 Å². The Balaban J connectivity index is 1.26. The Morgan fingerprint density at radius 1 is 0.148 bits per heavy atom. The molecule has 0 aliphatic carbocycles. The van der Waals surface area contributed by atoms with Crippen molar-refractivity contribution in [3.05, 3.63) is 36.4 Å². The number of hydrogen-bond donors (Lipinski definition) is 0. The molecule has 606 valence electrons. The van der Waals surface area contributed by atoms with Crippen LogP contribution in [0.25, 0.3) is 66.2 Å². The van der Waals surface area contributed by atoms with E-state index in [4.69, 9.17) is 29.9 Å². The molecule has 7 aromatic rings. The number of thioether (sulfide) groups is 6. The summed E-state index contributed by atoms with van der Waals surface area (Å²) in [4.78, 5) is 42.8. The van der Waals surface area contributed by atoms with Crippen molar-refractivity contribution in [1.82, 2.24) is 29.9 Å². The molecule has 0 unspecified atom stereocenters. The van der Waals surface area contributed by atoms with Gasteiger partial charge in [-0.15, -0.1) is 70.6 Å². The number of benzene rings is 4. The zero-order chi connectivity index (χ0) is 75.8. The van der Waals surface area contributed by atoms with E-state index in [-0.39, 0.29) is 0 Å². The van der Waals surface area contributed by atoms with E-state index in [0.29, 0.717) is 0 Å². The third-order valence-electron chi connectivity index (χ3n) is 22.4. The molecule has 0 saturated heterocycles. The first kappa shape index (κ1) is 92.9. The summed E-state index contributed by atoms with van der Waals surface area (Å²) in [5.74, 6) is 6.75. The fraction of sp³-hybridized carbons (Fsp3) is 0.750. The average molecular weight is 1590 g/mol. The number of nitrogens with zero attached hydrogens (tertiary/aromatic N) is 6. The molecule has 0 saturated carbocycles. The Kier molecular flexibility index (Phi) is 52.7. The maximum atomic E-state index is 5.79. The van der Waals surface area contributed by atoms with Crippen molar-refractivity contribution in [2.75, 3.05) is 34.5 Å². The Morgan fingerprint density at radius 3 is 0.361 bits per heavy atom. The maximum Gasteiger partial charge on any atom is 0.120 e. The maximum absolute atomic E-state index is 5.79. The number of fused-ring (bicyclic) bond motifs is 9. The van der Waals surface area contributed by atoms with E-state index in [0.717, 1.165) is 101 Å². The van der Waals surface area contributed by atoms with Gasteiger partial charge in [0.25, 0.3) is 0 Å². The van der Waals surface area contributed by atoms with Gasteiger partial charge in [-0.25, -0.2) is 29.9 Å². The Bertz CT molecular complexity index is 2840. The zero-order valence-corrected chi connectivity index (χ0v) is 75.2. The minimum atomic E-state index is 0.794. The van der Waals surface area contributed by atoms with Crippen LogP contribution in [-0.4, -0.2) is 64.4 Å². The third-order valence-corrected chi connectivity index (χ3v) is 29.6. The molecular weight excluding hydrogens is 1430 g/mol. The van der Waals surface area contributed by atoms with Gasteiger partial charge in [-0.1, -0.05) is 388 Å². The molecule has 0 aliphatic heterocycles. The highest BCUT2D eigenvalue weighted by Crippen LogP contribution is 2.42. The molecule has 3 aromatic heterocycles. The topological polar surface area (TPSA) is 77.3 Å². The lowest BCUT2D eigenvalue weighted by Gasteiger charge is -2.15. The van der Waals surface area contributed by atoms with Crippen molar-refractivity contribution in [1.29, 1.82) is 0 Å². The lowest BCUT2D eigenvalue weighted by Crippen LogP contribution is -2.00. The summed E-state index contributed by atoms with van der Waals surface area (Å²) in [7, 11) is 0. The quantitative estimate of drug-likeness (QED) is 0.0158. The standard InChI is InChI=1S/C96H156N6S6/c1-7-13-19-25-31-37-43-49-55-61-67-103-85-73-79-80(74-86(85)104-68-62-56-50-44-38-32-26-20-14-8-2)98-92-91(97-79)93-95(101-82-76-88(106-70-64-58-52-46-40-34-28-22-16-10-4)87(75-81(82)99-93)105-69-63-57-51-45-39-33-27-21-15-9-3)96-94(92)100-83-77-89(107-71-65-59-53-47-41-35-29-23-17-11-5)90(78-84(83)102-96)108-72-66-60-54-48-42-36-30-24-18-12-6/h73-78H,7-72H2,1-6H3. The van der Waals surface area contributed by atoms with Crippen LogP contribution in [0.5, 0.6) is 0 Å². The van der Waals surface area contributed by atoms with Crippen molar-refractivity contribution in [2.45, 2.75) is 456 Å². The van der Waals surface area contributed by atoms with Gasteiger partial charge in [-0.2, -0.15) is 0 Å². The molecule has 0 fully saturated rings. The molecule has 7 rings (SSSR count). The number of aromatic nitrogens is 6. The monoisotopic (exact) mass is 1590 g/mol. The van der Waals surface area contributed by atoms with Crippen LogP contribution in [0.4, 0.5) is 0 Å². The van der Waals surface area contributed by atoms with Crippen LogP contribution in [0.15, 0.2) is 65.8 Å². The highest BCUT2D eigenvalue weighted by molar-refractivity contribution is 8.03. The normalized spacial score (nSPS) is 12.1. The van der Waals surface area contributed by atoms with Crippen LogP contribution in [0, 0.1) is 0 Å². The van der Waals surface area contributed by atoms with Gasteiger partial charge in [-0.3, -0.25) is 0 Å². The van der Waals surface area contributed by atoms with Crippen molar-refractivity contribution in [3.8, 4) is 0 Å². The van der Waals surface area contributed by atoms with Crippen LogP contribution < -0.4 is 0 Å². The summed E-state index contributed by atoms with van der Waals surface area (Å²) >= 11 is 12.3. The molecule has 0 atom stereocenters. The predicted molar refractivity (Wildman–Crippen MR) is 494 cm³/mol.